The number of nitrogens with zero attached hydrogens (tertiary/aromatic N) is 1. The van der Waals surface area contributed by atoms with Crippen molar-refractivity contribution in [2.75, 3.05) is 18.0 Å². The summed E-state index contributed by atoms with van der Waals surface area (Å²) < 4.78 is 0. The average Bonchev–Trinajstić information content (AvgIpc) is 2.52. The van der Waals surface area contributed by atoms with Gasteiger partial charge < -0.3 is 16.0 Å². The number of fused-ring (bicyclic) bond motifs is 1. The van der Waals surface area contributed by atoms with E-state index in [9.17, 15) is 9.59 Å². The van der Waals surface area contributed by atoms with Gasteiger partial charge in [-0.15, -0.1) is 0 Å². The summed E-state index contributed by atoms with van der Waals surface area (Å²) in [4.78, 5) is 26.3. The number of nitrogens with two attached hydrogens (primary N) is 1. The molecular formula is C18H27N3O2. The van der Waals surface area contributed by atoms with Crippen molar-refractivity contribution in [2.45, 2.75) is 45.6 Å². The summed E-state index contributed by atoms with van der Waals surface area (Å²) in [7, 11) is 0. The number of carbonyl (C=O) groups excluding carboxylic acids is 2. The standard InChI is InChI=1S/C18H27N3O2/c1-13(2)17(19)18(23)20-12-16(22)21-11-7-3-4-8-14-9-5-6-10-15(14)21/h5-6,9-10,13,17H,3-4,7-8,11-12,19H2,1-2H3,(H,20,23)/t17-/m0/s1. The number of rotatable bonds is 4. The Balaban J connectivity index is 2.05. The van der Waals surface area contributed by atoms with Crippen molar-refractivity contribution in [3.63, 3.8) is 0 Å². The predicted octanol–water partition coefficient (Wildman–Crippen LogP) is 1.85. The number of hydrogen-bond donors (Lipinski definition) is 2. The quantitative estimate of drug-likeness (QED) is 0.890. The zero-order valence-corrected chi connectivity index (χ0v) is 14.0. The number of anilines is 1. The van der Waals surface area contributed by atoms with Crippen LogP contribution >= 0.6 is 0 Å². The molecule has 2 amide bonds. The molecule has 0 spiro atoms. The molecule has 0 unspecified atom stereocenters. The minimum Gasteiger partial charge on any atom is -0.346 e. The molecule has 0 bridgehead atoms. The van der Waals surface area contributed by atoms with Gasteiger partial charge in [0, 0.05) is 12.2 Å². The molecular weight excluding hydrogens is 290 g/mol. The summed E-state index contributed by atoms with van der Waals surface area (Å²) in [5.41, 5.74) is 7.98. The van der Waals surface area contributed by atoms with E-state index < -0.39 is 6.04 Å². The zero-order valence-electron chi connectivity index (χ0n) is 14.0. The summed E-state index contributed by atoms with van der Waals surface area (Å²) >= 11 is 0. The molecule has 23 heavy (non-hydrogen) atoms. The number of para-hydroxylation sites is 1. The topological polar surface area (TPSA) is 75.4 Å². The number of amides is 2. The van der Waals surface area contributed by atoms with Gasteiger partial charge in [0.1, 0.15) is 0 Å². The summed E-state index contributed by atoms with van der Waals surface area (Å²) in [5, 5.41) is 2.67. The van der Waals surface area contributed by atoms with E-state index >= 15 is 0 Å². The van der Waals surface area contributed by atoms with E-state index in [0.29, 0.717) is 6.54 Å². The Morgan fingerprint density at radius 3 is 2.70 bits per heavy atom. The van der Waals surface area contributed by atoms with Crippen molar-refractivity contribution in [2.24, 2.45) is 11.7 Å². The van der Waals surface area contributed by atoms with Crippen molar-refractivity contribution >= 4 is 17.5 Å². The molecule has 1 aromatic carbocycles. The minimum absolute atomic E-state index is 0.00636. The number of aryl methyl sites for hydroxylation is 1. The highest BCUT2D eigenvalue weighted by Crippen LogP contribution is 2.25. The molecule has 5 nitrogen and oxygen atoms in total. The van der Waals surface area contributed by atoms with Gasteiger partial charge >= 0.3 is 0 Å². The second-order valence-corrected chi connectivity index (χ2v) is 6.47. The van der Waals surface area contributed by atoms with Gasteiger partial charge in [-0.2, -0.15) is 0 Å². The Hall–Kier alpha value is -1.88. The SMILES string of the molecule is CC(C)[C@H](N)C(=O)NCC(=O)N1CCCCCc2ccccc21. The Labute approximate surface area is 138 Å². The summed E-state index contributed by atoms with van der Waals surface area (Å²) in [6.45, 7) is 4.47. The van der Waals surface area contributed by atoms with Crippen molar-refractivity contribution < 1.29 is 9.59 Å². The van der Waals surface area contributed by atoms with E-state index in [-0.39, 0.29) is 24.3 Å². The maximum atomic E-state index is 12.6. The second kappa shape index (κ2) is 8.11. The second-order valence-electron chi connectivity index (χ2n) is 6.47. The third-order valence-corrected chi connectivity index (χ3v) is 4.35. The first kappa shape index (κ1) is 17.5. The van der Waals surface area contributed by atoms with Gasteiger partial charge in [-0.3, -0.25) is 9.59 Å². The monoisotopic (exact) mass is 317 g/mol. The van der Waals surface area contributed by atoms with Crippen LogP contribution in [0.25, 0.3) is 0 Å². The van der Waals surface area contributed by atoms with Crippen LogP contribution < -0.4 is 16.0 Å². The van der Waals surface area contributed by atoms with E-state index in [0.717, 1.165) is 31.4 Å². The Bertz CT molecular complexity index is 557. The Morgan fingerprint density at radius 1 is 1.22 bits per heavy atom. The van der Waals surface area contributed by atoms with Crippen LogP contribution in [-0.2, 0) is 16.0 Å². The lowest BCUT2D eigenvalue weighted by Crippen LogP contribution is -2.48. The van der Waals surface area contributed by atoms with Gasteiger partial charge in [-0.1, -0.05) is 38.5 Å². The van der Waals surface area contributed by atoms with E-state index in [2.05, 4.69) is 11.4 Å². The molecule has 3 N–H and O–H groups in total. The first-order chi connectivity index (χ1) is 11.0. The normalized spacial score (nSPS) is 16.3. The largest absolute Gasteiger partial charge is 0.346 e. The van der Waals surface area contributed by atoms with E-state index in [1.807, 2.05) is 32.0 Å². The number of benzene rings is 1. The first-order valence-electron chi connectivity index (χ1n) is 8.42. The van der Waals surface area contributed by atoms with Gasteiger partial charge in [-0.25, -0.2) is 0 Å². The number of carbonyl (C=O) groups is 2. The lowest BCUT2D eigenvalue weighted by Gasteiger charge is -2.27. The van der Waals surface area contributed by atoms with Gasteiger partial charge in [0.25, 0.3) is 0 Å². The molecule has 126 valence electrons. The maximum Gasteiger partial charge on any atom is 0.246 e. The van der Waals surface area contributed by atoms with Gasteiger partial charge in [0.05, 0.1) is 12.6 Å². The molecule has 2 rings (SSSR count). The smallest absolute Gasteiger partial charge is 0.246 e. The molecule has 0 saturated carbocycles. The summed E-state index contributed by atoms with van der Waals surface area (Å²) in [6.07, 6.45) is 4.24. The van der Waals surface area contributed by atoms with Gasteiger partial charge in [-0.05, 0) is 36.8 Å². The predicted molar refractivity (Wildman–Crippen MR) is 92.2 cm³/mol. The van der Waals surface area contributed by atoms with Crippen LogP contribution in [0.1, 0.15) is 38.7 Å². The molecule has 0 fully saturated rings. The van der Waals surface area contributed by atoms with Crippen molar-refractivity contribution in [3.05, 3.63) is 29.8 Å². The fourth-order valence-electron chi connectivity index (χ4n) is 2.81. The van der Waals surface area contributed by atoms with E-state index in [1.165, 1.54) is 5.56 Å². The summed E-state index contributed by atoms with van der Waals surface area (Å²) in [6, 6.07) is 7.44. The van der Waals surface area contributed by atoms with Crippen LogP contribution in [0, 0.1) is 5.92 Å². The van der Waals surface area contributed by atoms with Crippen LogP contribution in [-0.4, -0.2) is 30.9 Å². The van der Waals surface area contributed by atoms with Crippen molar-refractivity contribution in [1.29, 1.82) is 0 Å². The molecule has 1 heterocycles. The lowest BCUT2D eigenvalue weighted by molar-refractivity contribution is -0.126. The van der Waals surface area contributed by atoms with Gasteiger partial charge in [0.15, 0.2) is 0 Å². The molecule has 0 radical (unpaired) electrons. The van der Waals surface area contributed by atoms with Crippen LogP contribution in [0.4, 0.5) is 5.69 Å². The van der Waals surface area contributed by atoms with Crippen LogP contribution in [0.15, 0.2) is 24.3 Å². The third kappa shape index (κ3) is 4.55. The third-order valence-electron chi connectivity index (χ3n) is 4.35. The Morgan fingerprint density at radius 2 is 1.96 bits per heavy atom. The number of nitrogens with one attached hydrogen (secondary N) is 1. The molecule has 0 saturated heterocycles. The van der Waals surface area contributed by atoms with Crippen molar-refractivity contribution in [1.82, 2.24) is 5.32 Å². The minimum atomic E-state index is -0.581. The molecule has 0 aromatic heterocycles. The van der Waals surface area contributed by atoms with E-state index in [1.54, 1.807) is 4.90 Å². The highest BCUT2D eigenvalue weighted by Gasteiger charge is 2.22. The lowest BCUT2D eigenvalue weighted by atomic mass is 10.0. The molecule has 1 atom stereocenters. The highest BCUT2D eigenvalue weighted by molar-refractivity contribution is 5.97. The van der Waals surface area contributed by atoms with Crippen LogP contribution in [0.5, 0.6) is 0 Å². The van der Waals surface area contributed by atoms with Gasteiger partial charge in [0.2, 0.25) is 11.8 Å². The molecule has 1 aliphatic rings. The molecule has 1 aromatic rings. The Kier molecular flexibility index (Phi) is 6.16. The fraction of sp³-hybridized carbons (Fsp3) is 0.556. The fourth-order valence-corrected chi connectivity index (χ4v) is 2.81. The van der Waals surface area contributed by atoms with Crippen molar-refractivity contribution in [3.8, 4) is 0 Å². The van der Waals surface area contributed by atoms with Crippen LogP contribution in [0.2, 0.25) is 0 Å². The van der Waals surface area contributed by atoms with Crippen LogP contribution in [0.3, 0.4) is 0 Å². The number of hydrogen-bond acceptors (Lipinski definition) is 3. The zero-order chi connectivity index (χ0) is 16.8. The first-order valence-corrected chi connectivity index (χ1v) is 8.42. The molecule has 1 aliphatic heterocycles. The molecule has 5 heteroatoms. The van der Waals surface area contributed by atoms with E-state index in [4.69, 9.17) is 5.73 Å². The summed E-state index contributed by atoms with van der Waals surface area (Å²) in [5.74, 6) is -0.301. The maximum absolute atomic E-state index is 12.6. The average molecular weight is 317 g/mol. The highest BCUT2D eigenvalue weighted by atomic mass is 16.2. The molecule has 0 aliphatic carbocycles.